The van der Waals surface area contributed by atoms with Crippen LogP contribution in [-0.2, 0) is 9.59 Å². The molecule has 1 saturated carbocycles. The lowest BCUT2D eigenvalue weighted by Crippen LogP contribution is -2.27. The van der Waals surface area contributed by atoms with Crippen molar-refractivity contribution >= 4 is 34.9 Å². The van der Waals surface area contributed by atoms with E-state index in [1.807, 2.05) is 0 Å². The van der Waals surface area contributed by atoms with Gasteiger partial charge in [0, 0.05) is 12.1 Å². The van der Waals surface area contributed by atoms with Crippen LogP contribution >= 0.6 is 23.2 Å². The molecule has 0 saturated heterocycles. The molecule has 1 fully saturated rings. The van der Waals surface area contributed by atoms with Crippen LogP contribution in [-0.4, -0.2) is 17.7 Å². The normalized spacial score (nSPS) is 14.9. The Hall–Kier alpha value is -0.540. The van der Waals surface area contributed by atoms with Crippen molar-refractivity contribution in [3.8, 4) is 0 Å². The highest BCUT2D eigenvalue weighted by Crippen LogP contribution is 2.18. The predicted molar refractivity (Wildman–Crippen MR) is 50.6 cm³/mol. The molecule has 1 aliphatic carbocycles. The highest BCUT2D eigenvalue weighted by molar-refractivity contribution is 6.56. The highest BCUT2D eigenvalue weighted by Gasteiger charge is 2.23. The molecule has 5 heteroatoms. The Morgan fingerprint density at radius 3 is 2.46 bits per heavy atom. The van der Waals surface area contributed by atoms with Gasteiger partial charge in [-0.3, -0.25) is 9.59 Å². The van der Waals surface area contributed by atoms with Gasteiger partial charge in [0.15, 0.2) is 5.78 Å². The number of hydrogen-bond donors (Lipinski definition) is 1. The first kappa shape index (κ1) is 10.5. The van der Waals surface area contributed by atoms with Crippen molar-refractivity contribution < 1.29 is 9.59 Å². The molecule has 0 aliphatic heterocycles. The molecule has 0 aromatic rings. The first-order chi connectivity index (χ1) is 6.08. The summed E-state index contributed by atoms with van der Waals surface area (Å²) in [6, 6.07) is 0.274. The molecule has 72 valence electrons. The van der Waals surface area contributed by atoms with Crippen molar-refractivity contribution in [1.82, 2.24) is 5.32 Å². The minimum atomic E-state index is -0.377. The number of halogens is 2. The van der Waals surface area contributed by atoms with Gasteiger partial charge in [-0.1, -0.05) is 23.2 Å². The van der Waals surface area contributed by atoms with E-state index in [-0.39, 0.29) is 28.6 Å². The summed E-state index contributed by atoms with van der Waals surface area (Å²) in [6.45, 7) is 0. The summed E-state index contributed by atoms with van der Waals surface area (Å²) in [5.74, 6) is -0.642. The summed E-state index contributed by atoms with van der Waals surface area (Å²) in [5.41, 5.74) is 0. The van der Waals surface area contributed by atoms with E-state index in [9.17, 15) is 9.59 Å². The largest absolute Gasteiger partial charge is 0.353 e. The van der Waals surface area contributed by atoms with Crippen molar-refractivity contribution in [3.05, 3.63) is 10.6 Å². The molecular weight excluding hydrogens is 213 g/mol. The predicted octanol–water partition coefficient (Wildman–Crippen LogP) is 1.54. The van der Waals surface area contributed by atoms with Crippen molar-refractivity contribution in [2.24, 2.45) is 0 Å². The van der Waals surface area contributed by atoms with Crippen LogP contribution in [0.15, 0.2) is 10.6 Å². The van der Waals surface area contributed by atoms with Crippen LogP contribution in [0.4, 0.5) is 0 Å². The Morgan fingerprint density at radius 1 is 1.38 bits per heavy atom. The Morgan fingerprint density at radius 2 is 2.00 bits per heavy atom. The van der Waals surface area contributed by atoms with Crippen molar-refractivity contribution in [2.75, 3.05) is 0 Å². The van der Waals surface area contributed by atoms with Crippen molar-refractivity contribution in [3.63, 3.8) is 0 Å². The minimum absolute atomic E-state index is 0.121. The summed E-state index contributed by atoms with van der Waals surface area (Å²) in [6.07, 6.45) is 2.87. The lowest BCUT2D eigenvalue weighted by Gasteiger charge is -1.99. The van der Waals surface area contributed by atoms with Gasteiger partial charge in [-0.25, -0.2) is 0 Å². The number of nitrogens with one attached hydrogen (secondary N) is 1. The van der Waals surface area contributed by atoms with E-state index in [0.717, 1.165) is 18.9 Å². The molecule has 0 atom stereocenters. The maximum Gasteiger partial charge on any atom is 0.228 e. The van der Waals surface area contributed by atoms with E-state index < -0.39 is 0 Å². The van der Waals surface area contributed by atoms with E-state index in [1.54, 1.807) is 0 Å². The van der Waals surface area contributed by atoms with Crippen LogP contribution < -0.4 is 5.32 Å². The molecule has 0 radical (unpaired) electrons. The van der Waals surface area contributed by atoms with Gasteiger partial charge >= 0.3 is 0 Å². The Labute approximate surface area is 86.1 Å². The van der Waals surface area contributed by atoms with E-state index in [1.165, 1.54) is 0 Å². The molecule has 0 heterocycles. The van der Waals surface area contributed by atoms with Gasteiger partial charge in [0.05, 0.1) is 6.42 Å². The van der Waals surface area contributed by atoms with E-state index >= 15 is 0 Å². The van der Waals surface area contributed by atoms with Crippen LogP contribution in [0.5, 0.6) is 0 Å². The van der Waals surface area contributed by atoms with Gasteiger partial charge in [-0.15, -0.1) is 0 Å². The maximum atomic E-state index is 11.0. The first-order valence-corrected chi connectivity index (χ1v) is 4.68. The summed E-state index contributed by atoms with van der Waals surface area (Å²) >= 11 is 10.5. The van der Waals surface area contributed by atoms with Crippen LogP contribution in [0.1, 0.15) is 19.3 Å². The molecule has 1 amide bonds. The topological polar surface area (TPSA) is 46.2 Å². The van der Waals surface area contributed by atoms with Crippen LogP contribution in [0.3, 0.4) is 0 Å². The monoisotopic (exact) mass is 221 g/mol. The summed E-state index contributed by atoms with van der Waals surface area (Å²) < 4.78 is -0.121. The Kier molecular flexibility index (Phi) is 3.75. The molecule has 0 aromatic carbocycles. The fraction of sp³-hybridized carbons (Fsp3) is 0.500. The number of rotatable bonds is 4. The average Bonchev–Trinajstić information content (AvgIpc) is 2.67. The lowest BCUT2D eigenvalue weighted by atomic mass is 10.2. The maximum absolute atomic E-state index is 11.0. The molecule has 1 rings (SSSR count). The minimum Gasteiger partial charge on any atom is -0.353 e. The standard InChI is InChI=1S/C8H9Cl2NO2/c9-7(10)3-6(12)4-8(13)11-5-1-2-5/h3,5H,1-2,4H2,(H,11,13). The zero-order valence-electron chi connectivity index (χ0n) is 6.85. The molecule has 0 aromatic heterocycles. The third kappa shape index (κ3) is 4.90. The van der Waals surface area contributed by atoms with Gasteiger partial charge in [0.25, 0.3) is 0 Å². The second-order valence-electron chi connectivity index (χ2n) is 2.92. The van der Waals surface area contributed by atoms with Gasteiger partial charge in [-0.05, 0) is 12.8 Å². The number of allylic oxidation sites excluding steroid dienone is 1. The molecule has 0 bridgehead atoms. The zero-order valence-corrected chi connectivity index (χ0v) is 8.36. The zero-order chi connectivity index (χ0) is 9.84. The molecule has 1 N–H and O–H groups in total. The number of hydrogen-bond acceptors (Lipinski definition) is 2. The third-order valence-corrected chi connectivity index (χ3v) is 1.77. The Balaban J connectivity index is 2.26. The molecule has 13 heavy (non-hydrogen) atoms. The van der Waals surface area contributed by atoms with Crippen molar-refractivity contribution in [1.29, 1.82) is 0 Å². The van der Waals surface area contributed by atoms with Crippen LogP contribution in [0.25, 0.3) is 0 Å². The van der Waals surface area contributed by atoms with Crippen LogP contribution in [0.2, 0.25) is 0 Å². The highest BCUT2D eigenvalue weighted by atomic mass is 35.5. The third-order valence-electron chi connectivity index (χ3n) is 1.55. The summed E-state index contributed by atoms with van der Waals surface area (Å²) in [4.78, 5) is 22.0. The number of ketones is 1. The van der Waals surface area contributed by atoms with E-state index in [4.69, 9.17) is 23.2 Å². The number of carbonyl (C=O) groups is 2. The number of carbonyl (C=O) groups excluding carboxylic acids is 2. The molecule has 1 aliphatic rings. The number of amides is 1. The van der Waals surface area contributed by atoms with Gasteiger partial charge < -0.3 is 5.32 Å². The van der Waals surface area contributed by atoms with Crippen LogP contribution in [0, 0.1) is 0 Å². The molecule has 0 unspecified atom stereocenters. The smallest absolute Gasteiger partial charge is 0.228 e. The van der Waals surface area contributed by atoms with Gasteiger partial charge in [0.2, 0.25) is 5.91 Å². The quantitative estimate of drug-likeness (QED) is 0.579. The Bertz CT molecular complexity index is 255. The average molecular weight is 222 g/mol. The van der Waals surface area contributed by atoms with Crippen molar-refractivity contribution in [2.45, 2.75) is 25.3 Å². The molecule has 3 nitrogen and oxygen atoms in total. The SMILES string of the molecule is O=C(C=C(Cl)Cl)CC(=O)NC1CC1. The first-order valence-electron chi connectivity index (χ1n) is 3.93. The molecule has 0 spiro atoms. The van der Waals surface area contributed by atoms with Gasteiger partial charge in [-0.2, -0.15) is 0 Å². The van der Waals surface area contributed by atoms with E-state index in [2.05, 4.69) is 5.32 Å². The second-order valence-corrected chi connectivity index (χ2v) is 3.93. The van der Waals surface area contributed by atoms with E-state index in [0.29, 0.717) is 0 Å². The fourth-order valence-corrected chi connectivity index (χ4v) is 1.08. The second kappa shape index (κ2) is 4.63. The van der Waals surface area contributed by atoms with Gasteiger partial charge in [0.1, 0.15) is 4.49 Å². The molecular formula is C8H9Cl2NO2. The lowest BCUT2D eigenvalue weighted by molar-refractivity contribution is -0.126. The fourth-order valence-electron chi connectivity index (χ4n) is 0.837. The summed E-state index contributed by atoms with van der Waals surface area (Å²) in [5, 5.41) is 2.68. The summed E-state index contributed by atoms with van der Waals surface area (Å²) in [7, 11) is 0.